The molecular weight excluding hydrogens is 479 g/mol. The number of aliphatic hydroxyl groups is 3. The van der Waals surface area contributed by atoms with E-state index in [1.165, 1.54) is 0 Å². The Morgan fingerprint density at radius 2 is 0.842 bits per heavy atom. The van der Waals surface area contributed by atoms with Crippen molar-refractivity contribution < 1.29 is 30.6 Å². The molecular formula is C3H8BiN3O12. The Hall–Kier alpha value is -1.64. The van der Waals surface area contributed by atoms with E-state index in [2.05, 4.69) is 0 Å². The first-order chi connectivity index (χ1) is 8.00. The molecule has 0 rings (SSSR count). The van der Waals surface area contributed by atoms with Gasteiger partial charge in [0.25, 0.3) is 0 Å². The Bertz CT molecular complexity index is 180. The molecule has 3 N–H and O–H groups in total. The van der Waals surface area contributed by atoms with Crippen molar-refractivity contribution in [2.24, 2.45) is 0 Å². The minimum Gasteiger partial charge on any atom is -0.394 e. The summed E-state index contributed by atoms with van der Waals surface area (Å²) in [6.45, 7) is -0.729. The minimum absolute atomic E-state index is 0. The normalized spacial score (nSPS) is 6.95. The van der Waals surface area contributed by atoms with Gasteiger partial charge in [-0.15, -0.1) is 0 Å². The summed E-state index contributed by atoms with van der Waals surface area (Å²) in [5.74, 6) is 0. The van der Waals surface area contributed by atoms with Crippen LogP contribution in [0.1, 0.15) is 0 Å². The minimum atomic E-state index is -1.75. The van der Waals surface area contributed by atoms with Gasteiger partial charge in [-0.3, -0.25) is 0 Å². The largest absolute Gasteiger partial charge is 3.00 e. The molecule has 2 radical (unpaired) electrons. The number of rotatable bonds is 2. The van der Waals surface area contributed by atoms with Crippen molar-refractivity contribution >= 4 is 26.2 Å². The summed E-state index contributed by atoms with van der Waals surface area (Å²) in [4.78, 5) is 24.8. The molecule has 19 heavy (non-hydrogen) atoms. The van der Waals surface area contributed by atoms with E-state index in [1.54, 1.807) is 0 Å². The first-order valence-electron chi connectivity index (χ1n) is 3.35. The molecule has 0 aliphatic carbocycles. The number of aliphatic hydroxyl groups excluding tert-OH is 3. The monoisotopic (exact) mass is 487 g/mol. The molecule has 15 nitrogen and oxygen atoms in total. The molecule has 0 atom stereocenters. The summed E-state index contributed by atoms with van der Waals surface area (Å²) < 4.78 is 0. The van der Waals surface area contributed by atoms with Crippen LogP contribution in [-0.4, -0.2) is 76.1 Å². The average molecular weight is 487 g/mol. The van der Waals surface area contributed by atoms with Gasteiger partial charge < -0.3 is 61.3 Å². The van der Waals surface area contributed by atoms with E-state index in [-0.39, 0.29) is 39.4 Å². The average Bonchev–Trinajstić information content (AvgIpc) is 2.13. The van der Waals surface area contributed by atoms with E-state index in [0.717, 1.165) is 0 Å². The van der Waals surface area contributed by atoms with Crippen LogP contribution in [-0.2, 0) is 0 Å². The molecule has 0 spiro atoms. The van der Waals surface area contributed by atoms with Crippen LogP contribution >= 0.6 is 0 Å². The van der Waals surface area contributed by atoms with Crippen LogP contribution in [0.3, 0.4) is 0 Å². The zero-order valence-electron chi connectivity index (χ0n) is 8.80. The topological polar surface area (TPSA) is 259 Å². The zero-order valence-corrected chi connectivity index (χ0v) is 12.3. The Morgan fingerprint density at radius 3 is 0.842 bits per heavy atom. The standard InChI is InChI=1S/C3H8O3.Bi.3NO3/c4-1-3(6)2-5;;3*2-1(3)4/h3-6H,1-2H2;;;;/q;+3;3*-1. The molecule has 0 unspecified atom stereocenters. The Kier molecular flexibility index (Phi) is 40.5. The van der Waals surface area contributed by atoms with Crippen molar-refractivity contribution in [1.29, 1.82) is 0 Å². The van der Waals surface area contributed by atoms with Crippen LogP contribution in [0.5, 0.6) is 0 Å². The molecule has 0 aliphatic heterocycles. The second kappa shape index (κ2) is 25.3. The van der Waals surface area contributed by atoms with Crippen molar-refractivity contribution in [2.75, 3.05) is 13.2 Å². The second-order valence-corrected chi connectivity index (χ2v) is 1.69. The second-order valence-electron chi connectivity index (χ2n) is 1.69. The molecule has 112 valence electrons. The molecule has 16 heteroatoms. The van der Waals surface area contributed by atoms with E-state index >= 15 is 0 Å². The van der Waals surface area contributed by atoms with Crippen LogP contribution in [0.15, 0.2) is 0 Å². The van der Waals surface area contributed by atoms with Gasteiger partial charge in [-0.2, -0.15) is 0 Å². The van der Waals surface area contributed by atoms with E-state index < -0.39 is 21.4 Å². The third kappa shape index (κ3) is 604. The summed E-state index contributed by atoms with van der Waals surface area (Å²) >= 11 is 0. The van der Waals surface area contributed by atoms with Gasteiger partial charge >= 0.3 is 26.2 Å². The fourth-order valence-corrected chi connectivity index (χ4v) is 0.0577. The van der Waals surface area contributed by atoms with E-state index in [9.17, 15) is 0 Å². The smallest absolute Gasteiger partial charge is 0.394 e. The maximum Gasteiger partial charge on any atom is 3.00 e. The fourth-order valence-electron chi connectivity index (χ4n) is 0.0577. The molecule has 0 aromatic carbocycles. The van der Waals surface area contributed by atoms with Crippen molar-refractivity contribution in [1.82, 2.24) is 0 Å². The third-order valence-electron chi connectivity index (χ3n) is 0.421. The third-order valence-corrected chi connectivity index (χ3v) is 0.421. The summed E-state index contributed by atoms with van der Waals surface area (Å²) in [7, 11) is 0. The molecule has 0 heterocycles. The predicted molar refractivity (Wildman–Crippen MR) is 57.0 cm³/mol. The van der Waals surface area contributed by atoms with E-state index in [4.69, 9.17) is 61.3 Å². The number of nitrogens with zero attached hydrogens (tertiary/aromatic N) is 3. The van der Waals surface area contributed by atoms with E-state index in [0.29, 0.717) is 0 Å². The van der Waals surface area contributed by atoms with Gasteiger partial charge in [-0.25, -0.2) is 0 Å². The number of hydrogen-bond acceptors (Lipinski definition) is 12. The van der Waals surface area contributed by atoms with Gasteiger partial charge in [0.15, 0.2) is 0 Å². The summed E-state index contributed by atoms with van der Waals surface area (Å²) in [6, 6.07) is 0. The molecule has 0 saturated carbocycles. The predicted octanol–water partition coefficient (Wildman–Crippen LogP) is -2.77. The van der Waals surface area contributed by atoms with Gasteiger partial charge in [0.1, 0.15) is 6.10 Å². The molecule has 0 saturated heterocycles. The van der Waals surface area contributed by atoms with Gasteiger partial charge in [0.05, 0.1) is 28.5 Å². The zero-order chi connectivity index (χ0) is 15.7. The molecule has 0 aromatic rings. The van der Waals surface area contributed by atoms with Gasteiger partial charge in [0.2, 0.25) is 0 Å². The van der Waals surface area contributed by atoms with Crippen LogP contribution in [0.25, 0.3) is 0 Å². The van der Waals surface area contributed by atoms with Crippen molar-refractivity contribution in [3.05, 3.63) is 46.0 Å². The molecule has 0 bridgehead atoms. The van der Waals surface area contributed by atoms with Gasteiger partial charge in [-0.05, 0) is 0 Å². The Balaban J connectivity index is -0.0000000459. The molecule has 0 fully saturated rings. The molecule has 0 amide bonds. The van der Waals surface area contributed by atoms with Crippen molar-refractivity contribution in [3.63, 3.8) is 0 Å². The quantitative estimate of drug-likeness (QED) is 0.203. The van der Waals surface area contributed by atoms with Crippen LogP contribution in [0, 0.1) is 46.0 Å². The SMILES string of the molecule is O=[N+]([O-])[O-].O=[N+]([O-])[O-].O=[N+]([O-])[O-].OCC(O)CO.[Bi+3]. The molecule has 0 aliphatic rings. The first-order valence-corrected chi connectivity index (χ1v) is 3.35. The molecule has 0 aromatic heterocycles. The van der Waals surface area contributed by atoms with Crippen LogP contribution < -0.4 is 0 Å². The Labute approximate surface area is 122 Å². The summed E-state index contributed by atoms with van der Waals surface area (Å²) in [5.41, 5.74) is 0. The fraction of sp³-hybridized carbons (Fsp3) is 1.00. The summed E-state index contributed by atoms with van der Waals surface area (Å²) in [6.07, 6.45) is -0.954. The van der Waals surface area contributed by atoms with Crippen molar-refractivity contribution in [3.8, 4) is 0 Å². The first kappa shape index (κ1) is 30.4. The van der Waals surface area contributed by atoms with Crippen LogP contribution in [0.2, 0.25) is 0 Å². The van der Waals surface area contributed by atoms with Gasteiger partial charge in [0, 0.05) is 0 Å². The van der Waals surface area contributed by atoms with Crippen LogP contribution in [0.4, 0.5) is 0 Å². The maximum atomic E-state index is 8.25. The van der Waals surface area contributed by atoms with Gasteiger partial charge in [-0.1, -0.05) is 0 Å². The number of hydrogen-bond donors (Lipinski definition) is 3. The summed E-state index contributed by atoms with van der Waals surface area (Å²) in [5, 5.41) is 68.3. The van der Waals surface area contributed by atoms with Crippen molar-refractivity contribution in [2.45, 2.75) is 6.10 Å². The maximum absolute atomic E-state index is 8.25. The Morgan fingerprint density at radius 1 is 0.737 bits per heavy atom. The van der Waals surface area contributed by atoms with E-state index in [1.807, 2.05) is 0 Å².